The molecule has 170 valence electrons. The fourth-order valence-electron chi connectivity index (χ4n) is 4.34. The van der Waals surface area contributed by atoms with Crippen molar-refractivity contribution in [3.63, 3.8) is 0 Å². The van der Waals surface area contributed by atoms with Crippen LogP contribution in [0, 0.1) is 11.2 Å². The van der Waals surface area contributed by atoms with Gasteiger partial charge in [-0.05, 0) is 62.0 Å². The van der Waals surface area contributed by atoms with E-state index in [4.69, 9.17) is 5.41 Å². The smallest absolute Gasteiger partial charge is 0.160 e. The van der Waals surface area contributed by atoms with Crippen LogP contribution in [0.3, 0.4) is 0 Å². The van der Waals surface area contributed by atoms with Crippen molar-refractivity contribution >= 4 is 22.8 Å². The maximum absolute atomic E-state index is 14.5. The Hall–Kier alpha value is -3.97. The van der Waals surface area contributed by atoms with Gasteiger partial charge in [0.05, 0.1) is 5.69 Å². The number of halogens is 1. The first-order valence-corrected chi connectivity index (χ1v) is 11.2. The summed E-state index contributed by atoms with van der Waals surface area (Å²) in [5.74, 6) is -0.333. The van der Waals surface area contributed by atoms with Crippen molar-refractivity contribution in [2.45, 2.75) is 12.5 Å². The Morgan fingerprint density at radius 2 is 2.03 bits per heavy atom. The molecule has 1 aliphatic rings. The normalized spacial score (nSPS) is 16.6. The minimum atomic E-state index is -0.333. The van der Waals surface area contributed by atoms with Gasteiger partial charge in [-0.25, -0.2) is 14.4 Å². The van der Waals surface area contributed by atoms with Gasteiger partial charge >= 0.3 is 0 Å². The summed E-state index contributed by atoms with van der Waals surface area (Å²) in [4.78, 5) is 15.8. The number of rotatable bonds is 6. The zero-order chi connectivity index (χ0) is 23.5. The number of nitrogens with zero attached hydrogens (tertiary/aromatic N) is 4. The van der Waals surface area contributed by atoms with Crippen LogP contribution >= 0.6 is 0 Å². The Morgan fingerprint density at radius 3 is 2.82 bits per heavy atom. The van der Waals surface area contributed by atoms with Crippen molar-refractivity contribution in [2.75, 3.05) is 20.1 Å². The van der Waals surface area contributed by atoms with Crippen LogP contribution < -0.4 is 5.32 Å². The molecule has 1 saturated heterocycles. The molecule has 4 aromatic rings. The standard InChI is InChI=1S/C27H25FN6/c1-34-10-8-21(17-34)32-16-20(13-29)18-11-19(15-30-14-18)24-12-26(23-5-2-3-7-25(23)28)33-27-22(24)6-4-9-31-27/h2-7,9,11-16,21,29,32H,8,10,17H2,1H3/b20-16+,29-13?. The van der Waals surface area contributed by atoms with Crippen LogP contribution in [0.25, 0.3) is 39.0 Å². The van der Waals surface area contributed by atoms with Crippen LogP contribution in [0.4, 0.5) is 4.39 Å². The summed E-state index contributed by atoms with van der Waals surface area (Å²) >= 11 is 0. The Kier molecular flexibility index (Phi) is 6.10. The third-order valence-corrected chi connectivity index (χ3v) is 6.14. The van der Waals surface area contributed by atoms with E-state index < -0.39 is 0 Å². The molecule has 34 heavy (non-hydrogen) atoms. The van der Waals surface area contributed by atoms with Gasteiger partial charge in [-0.1, -0.05) is 12.1 Å². The minimum absolute atomic E-state index is 0.333. The van der Waals surface area contributed by atoms with Crippen LogP contribution in [0.15, 0.2) is 73.3 Å². The maximum atomic E-state index is 14.5. The lowest BCUT2D eigenvalue weighted by Crippen LogP contribution is -2.27. The number of likely N-dealkylation sites (tertiary alicyclic amines) is 1. The second-order valence-corrected chi connectivity index (χ2v) is 8.53. The van der Waals surface area contributed by atoms with Crippen molar-refractivity contribution in [2.24, 2.45) is 0 Å². The van der Waals surface area contributed by atoms with Crippen molar-refractivity contribution in [3.8, 4) is 22.4 Å². The van der Waals surface area contributed by atoms with E-state index >= 15 is 0 Å². The summed E-state index contributed by atoms with van der Waals surface area (Å²) in [6.45, 7) is 2.05. The van der Waals surface area contributed by atoms with Gasteiger partial charge < -0.3 is 15.6 Å². The Labute approximate surface area is 197 Å². The molecule has 0 spiro atoms. The first-order chi connectivity index (χ1) is 16.6. The molecule has 1 aromatic carbocycles. The second-order valence-electron chi connectivity index (χ2n) is 8.53. The molecule has 0 amide bonds. The minimum Gasteiger partial charge on any atom is -0.386 e. The molecule has 5 rings (SSSR count). The molecule has 0 radical (unpaired) electrons. The maximum Gasteiger partial charge on any atom is 0.160 e. The van der Waals surface area contributed by atoms with E-state index in [9.17, 15) is 4.39 Å². The molecule has 1 unspecified atom stereocenters. The Morgan fingerprint density at radius 1 is 1.15 bits per heavy atom. The highest BCUT2D eigenvalue weighted by Gasteiger charge is 2.18. The molecule has 6 nitrogen and oxygen atoms in total. The van der Waals surface area contributed by atoms with Gasteiger partial charge in [0, 0.05) is 71.2 Å². The Bertz CT molecular complexity index is 1380. The lowest BCUT2D eigenvalue weighted by Gasteiger charge is -2.13. The molecule has 3 aromatic heterocycles. The van der Waals surface area contributed by atoms with Gasteiger partial charge in [-0.2, -0.15) is 0 Å². The fourth-order valence-corrected chi connectivity index (χ4v) is 4.34. The topological polar surface area (TPSA) is 77.8 Å². The average Bonchev–Trinajstić information content (AvgIpc) is 3.29. The number of likely N-dealkylation sites (N-methyl/N-ethyl adjacent to an activating group) is 1. The SMILES string of the molecule is CN1CCC(N/C=C(\C=N)c2cncc(-c3cc(-c4ccccc4F)nc4ncccc34)c2)C1. The number of pyridine rings is 3. The molecule has 7 heteroatoms. The van der Waals surface area contributed by atoms with E-state index in [1.54, 1.807) is 36.8 Å². The predicted octanol–water partition coefficient (Wildman–Crippen LogP) is 4.78. The number of allylic oxidation sites excluding steroid dienone is 1. The zero-order valence-electron chi connectivity index (χ0n) is 18.9. The van der Waals surface area contributed by atoms with Crippen LogP contribution in [0.2, 0.25) is 0 Å². The number of benzene rings is 1. The predicted molar refractivity (Wildman–Crippen MR) is 134 cm³/mol. The van der Waals surface area contributed by atoms with E-state index in [1.165, 1.54) is 12.3 Å². The van der Waals surface area contributed by atoms with Crippen molar-refractivity contribution in [1.82, 2.24) is 25.2 Å². The van der Waals surface area contributed by atoms with Crippen LogP contribution in [-0.2, 0) is 0 Å². The number of aromatic nitrogens is 3. The second kappa shape index (κ2) is 9.49. The average molecular weight is 453 g/mol. The van der Waals surface area contributed by atoms with E-state index in [0.29, 0.717) is 22.9 Å². The molecule has 0 saturated carbocycles. The monoisotopic (exact) mass is 452 g/mol. The number of hydrogen-bond acceptors (Lipinski definition) is 6. The van der Waals surface area contributed by atoms with E-state index in [0.717, 1.165) is 47.2 Å². The molecule has 1 fully saturated rings. The summed E-state index contributed by atoms with van der Waals surface area (Å²) in [7, 11) is 2.11. The quantitative estimate of drug-likeness (QED) is 0.412. The lowest BCUT2D eigenvalue weighted by molar-refractivity contribution is 0.405. The summed E-state index contributed by atoms with van der Waals surface area (Å²) in [5.41, 5.74) is 4.76. The third-order valence-electron chi connectivity index (χ3n) is 6.14. The first kappa shape index (κ1) is 21.9. The van der Waals surface area contributed by atoms with Gasteiger partial charge in [0.1, 0.15) is 5.82 Å². The molecular weight excluding hydrogens is 427 g/mol. The molecule has 2 N–H and O–H groups in total. The highest BCUT2D eigenvalue weighted by atomic mass is 19.1. The molecule has 0 aliphatic carbocycles. The lowest BCUT2D eigenvalue weighted by atomic mass is 9.98. The van der Waals surface area contributed by atoms with Crippen molar-refractivity contribution in [3.05, 3.63) is 84.7 Å². The van der Waals surface area contributed by atoms with Gasteiger partial charge in [0.25, 0.3) is 0 Å². The third kappa shape index (κ3) is 4.43. The summed E-state index contributed by atoms with van der Waals surface area (Å²) < 4.78 is 14.5. The Balaban J connectivity index is 1.57. The van der Waals surface area contributed by atoms with Crippen LogP contribution in [0.5, 0.6) is 0 Å². The summed E-state index contributed by atoms with van der Waals surface area (Å²) in [6.07, 6.45) is 9.52. The highest BCUT2D eigenvalue weighted by Crippen LogP contribution is 2.32. The molecule has 1 atom stereocenters. The van der Waals surface area contributed by atoms with Gasteiger partial charge in [0.15, 0.2) is 5.65 Å². The van der Waals surface area contributed by atoms with Crippen LogP contribution in [0.1, 0.15) is 12.0 Å². The zero-order valence-corrected chi connectivity index (χ0v) is 18.9. The number of nitrogens with one attached hydrogen (secondary N) is 2. The van der Waals surface area contributed by atoms with Crippen molar-refractivity contribution in [1.29, 1.82) is 5.41 Å². The first-order valence-electron chi connectivity index (χ1n) is 11.2. The highest BCUT2D eigenvalue weighted by molar-refractivity contribution is 6.08. The number of fused-ring (bicyclic) bond motifs is 1. The van der Waals surface area contributed by atoms with Gasteiger partial charge in [-0.15, -0.1) is 0 Å². The molecule has 0 bridgehead atoms. The fraction of sp³-hybridized carbons (Fsp3) is 0.185. The van der Waals surface area contributed by atoms with E-state index in [1.807, 2.05) is 30.5 Å². The van der Waals surface area contributed by atoms with Gasteiger partial charge in [-0.3, -0.25) is 4.98 Å². The van der Waals surface area contributed by atoms with Crippen LogP contribution in [-0.4, -0.2) is 52.2 Å². The van der Waals surface area contributed by atoms with Gasteiger partial charge in [0.2, 0.25) is 0 Å². The number of hydrogen-bond donors (Lipinski definition) is 2. The largest absolute Gasteiger partial charge is 0.386 e. The van der Waals surface area contributed by atoms with E-state index in [-0.39, 0.29) is 5.82 Å². The molecular formula is C27H25FN6. The van der Waals surface area contributed by atoms with Crippen molar-refractivity contribution < 1.29 is 4.39 Å². The molecule has 4 heterocycles. The summed E-state index contributed by atoms with van der Waals surface area (Å²) in [6, 6.07) is 14.7. The molecule has 1 aliphatic heterocycles. The van der Waals surface area contributed by atoms with E-state index in [2.05, 4.69) is 32.2 Å². The summed E-state index contributed by atoms with van der Waals surface area (Å²) in [5, 5.41) is 12.3.